The number of hydrogen-bond donors (Lipinski definition) is 1. The Bertz CT molecular complexity index is 795. The molecule has 0 radical (unpaired) electrons. The Morgan fingerprint density at radius 3 is 2.81 bits per heavy atom. The standard InChI is InChI=1S/C19H22N4O3/c1-14-11-18(20-13-17(14)23(25)26)22-10-6-5-9-16(22)12-21-19(24)15-7-3-2-4-8-15/h2-4,7-8,11,13,16H,5-6,9-10,12H2,1H3,(H,21,24). The van der Waals surface area contributed by atoms with E-state index in [-0.39, 0.29) is 17.6 Å². The van der Waals surface area contributed by atoms with Gasteiger partial charge in [-0.15, -0.1) is 0 Å². The zero-order chi connectivity index (χ0) is 18.5. The normalized spacial score (nSPS) is 17.0. The Hall–Kier alpha value is -2.96. The lowest BCUT2D eigenvalue weighted by Gasteiger charge is -2.36. The first kappa shape index (κ1) is 17.8. The maximum Gasteiger partial charge on any atom is 0.290 e. The van der Waals surface area contributed by atoms with Gasteiger partial charge < -0.3 is 10.2 Å². The summed E-state index contributed by atoms with van der Waals surface area (Å²) in [6, 6.07) is 11.0. The van der Waals surface area contributed by atoms with Gasteiger partial charge in [-0.25, -0.2) is 4.98 Å². The van der Waals surface area contributed by atoms with Crippen LogP contribution >= 0.6 is 0 Å². The lowest BCUT2D eigenvalue weighted by Crippen LogP contribution is -2.47. The summed E-state index contributed by atoms with van der Waals surface area (Å²) >= 11 is 0. The smallest absolute Gasteiger partial charge is 0.290 e. The van der Waals surface area contributed by atoms with Crippen molar-refractivity contribution in [1.82, 2.24) is 10.3 Å². The molecule has 0 bridgehead atoms. The quantitative estimate of drug-likeness (QED) is 0.658. The van der Waals surface area contributed by atoms with Gasteiger partial charge in [0.25, 0.3) is 11.6 Å². The third-order valence-electron chi connectivity index (χ3n) is 4.72. The van der Waals surface area contributed by atoms with Gasteiger partial charge in [0.05, 0.1) is 4.92 Å². The van der Waals surface area contributed by atoms with Crippen LogP contribution in [-0.4, -0.2) is 34.9 Å². The predicted octanol–water partition coefficient (Wildman–Crippen LogP) is 3.09. The zero-order valence-electron chi connectivity index (χ0n) is 14.7. The molecule has 2 heterocycles. The second-order valence-corrected chi connectivity index (χ2v) is 6.51. The first-order valence-corrected chi connectivity index (χ1v) is 8.77. The van der Waals surface area contributed by atoms with E-state index >= 15 is 0 Å². The van der Waals surface area contributed by atoms with Crippen molar-refractivity contribution < 1.29 is 9.72 Å². The first-order chi connectivity index (χ1) is 12.6. The maximum absolute atomic E-state index is 12.3. The van der Waals surface area contributed by atoms with Crippen LogP contribution < -0.4 is 10.2 Å². The highest BCUT2D eigenvalue weighted by Crippen LogP contribution is 2.26. The fourth-order valence-corrected chi connectivity index (χ4v) is 3.30. The number of nitro groups is 1. The molecule has 2 aromatic rings. The lowest BCUT2D eigenvalue weighted by molar-refractivity contribution is -0.385. The summed E-state index contributed by atoms with van der Waals surface area (Å²) < 4.78 is 0. The number of nitrogens with one attached hydrogen (secondary N) is 1. The summed E-state index contributed by atoms with van der Waals surface area (Å²) in [5, 5.41) is 14.0. The van der Waals surface area contributed by atoms with Crippen molar-refractivity contribution in [1.29, 1.82) is 0 Å². The van der Waals surface area contributed by atoms with Gasteiger partial charge in [0, 0.05) is 30.3 Å². The zero-order valence-corrected chi connectivity index (χ0v) is 14.7. The van der Waals surface area contributed by atoms with Gasteiger partial charge in [-0.3, -0.25) is 14.9 Å². The second kappa shape index (κ2) is 7.95. The molecule has 1 fully saturated rings. The highest BCUT2D eigenvalue weighted by molar-refractivity contribution is 5.94. The van der Waals surface area contributed by atoms with Crippen LogP contribution in [0, 0.1) is 17.0 Å². The van der Waals surface area contributed by atoms with Crippen molar-refractivity contribution in [3.8, 4) is 0 Å². The number of piperidine rings is 1. The minimum Gasteiger partial charge on any atom is -0.352 e. The third-order valence-corrected chi connectivity index (χ3v) is 4.72. The molecule has 1 atom stereocenters. The monoisotopic (exact) mass is 354 g/mol. The number of carbonyl (C=O) groups excluding carboxylic acids is 1. The maximum atomic E-state index is 12.3. The summed E-state index contributed by atoms with van der Waals surface area (Å²) in [5.74, 6) is 0.635. The van der Waals surface area contributed by atoms with Crippen molar-refractivity contribution in [2.45, 2.75) is 32.2 Å². The van der Waals surface area contributed by atoms with Crippen molar-refractivity contribution >= 4 is 17.4 Å². The molecular weight excluding hydrogens is 332 g/mol. The molecule has 26 heavy (non-hydrogen) atoms. The number of nitrogens with zero attached hydrogens (tertiary/aromatic N) is 3. The minimum atomic E-state index is -0.417. The van der Waals surface area contributed by atoms with Gasteiger partial charge in [-0.2, -0.15) is 0 Å². The number of carbonyl (C=O) groups is 1. The SMILES string of the molecule is Cc1cc(N2CCCCC2CNC(=O)c2ccccc2)ncc1[N+](=O)[O-]. The van der Waals surface area contributed by atoms with Gasteiger partial charge >= 0.3 is 0 Å². The highest BCUT2D eigenvalue weighted by Gasteiger charge is 2.25. The van der Waals surface area contributed by atoms with E-state index in [2.05, 4.69) is 15.2 Å². The highest BCUT2D eigenvalue weighted by atomic mass is 16.6. The molecule has 136 valence electrons. The fourth-order valence-electron chi connectivity index (χ4n) is 3.30. The molecule has 1 aromatic carbocycles. The molecule has 0 spiro atoms. The number of aromatic nitrogens is 1. The molecule has 1 aromatic heterocycles. The van der Waals surface area contributed by atoms with E-state index in [1.165, 1.54) is 6.20 Å². The summed E-state index contributed by atoms with van der Waals surface area (Å²) in [4.78, 5) is 29.3. The average molecular weight is 354 g/mol. The molecule has 3 rings (SSSR count). The fraction of sp³-hybridized carbons (Fsp3) is 0.368. The molecule has 1 saturated heterocycles. The van der Waals surface area contributed by atoms with E-state index in [4.69, 9.17) is 0 Å². The summed E-state index contributed by atoms with van der Waals surface area (Å²) in [6.07, 6.45) is 4.40. The Labute approximate surface area is 152 Å². The number of amides is 1. The number of aryl methyl sites for hydroxylation is 1. The van der Waals surface area contributed by atoms with E-state index < -0.39 is 4.92 Å². The van der Waals surface area contributed by atoms with E-state index in [1.807, 2.05) is 18.2 Å². The Balaban J connectivity index is 1.71. The van der Waals surface area contributed by atoms with Crippen LogP contribution in [0.5, 0.6) is 0 Å². The van der Waals surface area contributed by atoms with Crippen molar-refractivity contribution in [2.75, 3.05) is 18.0 Å². The molecule has 1 amide bonds. The lowest BCUT2D eigenvalue weighted by atomic mass is 10.0. The molecule has 0 saturated carbocycles. The van der Waals surface area contributed by atoms with Crippen molar-refractivity contribution in [2.24, 2.45) is 0 Å². The Kier molecular flexibility index (Phi) is 5.46. The Morgan fingerprint density at radius 2 is 2.12 bits per heavy atom. The van der Waals surface area contributed by atoms with E-state index in [9.17, 15) is 14.9 Å². The summed E-state index contributed by atoms with van der Waals surface area (Å²) in [7, 11) is 0. The third kappa shape index (κ3) is 3.99. The average Bonchev–Trinajstić information content (AvgIpc) is 2.66. The van der Waals surface area contributed by atoms with Crippen LogP contribution in [-0.2, 0) is 0 Å². The van der Waals surface area contributed by atoms with Gasteiger partial charge in [0.2, 0.25) is 0 Å². The molecule has 1 aliphatic heterocycles. The number of benzene rings is 1. The Morgan fingerprint density at radius 1 is 1.35 bits per heavy atom. The van der Waals surface area contributed by atoms with Crippen LogP contribution in [0.2, 0.25) is 0 Å². The van der Waals surface area contributed by atoms with Crippen LogP contribution in [0.25, 0.3) is 0 Å². The van der Waals surface area contributed by atoms with Crippen LogP contribution in [0.1, 0.15) is 35.2 Å². The topological polar surface area (TPSA) is 88.4 Å². The first-order valence-electron chi connectivity index (χ1n) is 8.77. The van der Waals surface area contributed by atoms with Gasteiger partial charge in [-0.05, 0) is 44.4 Å². The minimum absolute atomic E-state index is 0.0275. The molecule has 1 N–H and O–H groups in total. The van der Waals surface area contributed by atoms with Crippen molar-refractivity contribution in [3.63, 3.8) is 0 Å². The molecule has 0 aliphatic carbocycles. The second-order valence-electron chi connectivity index (χ2n) is 6.51. The van der Waals surface area contributed by atoms with Gasteiger partial charge in [-0.1, -0.05) is 18.2 Å². The van der Waals surface area contributed by atoms with Crippen LogP contribution in [0.15, 0.2) is 42.6 Å². The van der Waals surface area contributed by atoms with Crippen LogP contribution in [0.3, 0.4) is 0 Å². The van der Waals surface area contributed by atoms with Gasteiger partial charge in [0.1, 0.15) is 12.0 Å². The number of hydrogen-bond acceptors (Lipinski definition) is 5. The van der Waals surface area contributed by atoms with E-state index in [0.717, 1.165) is 31.6 Å². The summed E-state index contributed by atoms with van der Waals surface area (Å²) in [5.41, 5.74) is 1.26. The molecular formula is C19H22N4O3. The van der Waals surface area contributed by atoms with E-state index in [0.29, 0.717) is 17.7 Å². The van der Waals surface area contributed by atoms with E-state index in [1.54, 1.807) is 25.1 Å². The molecule has 1 unspecified atom stereocenters. The molecule has 7 heteroatoms. The van der Waals surface area contributed by atoms with Crippen LogP contribution in [0.4, 0.5) is 11.5 Å². The molecule has 1 aliphatic rings. The molecule has 7 nitrogen and oxygen atoms in total. The summed E-state index contributed by atoms with van der Waals surface area (Å²) in [6.45, 7) is 3.07. The predicted molar refractivity (Wildman–Crippen MR) is 99.4 cm³/mol. The largest absolute Gasteiger partial charge is 0.352 e. The van der Waals surface area contributed by atoms with Gasteiger partial charge in [0.15, 0.2) is 0 Å². The number of pyridine rings is 1. The number of rotatable bonds is 5. The van der Waals surface area contributed by atoms with Crippen molar-refractivity contribution in [3.05, 3.63) is 63.8 Å². The number of anilines is 1.